The summed E-state index contributed by atoms with van der Waals surface area (Å²) in [5.41, 5.74) is 4.08. The molecule has 5 rings (SSSR count). The molecule has 6 nitrogen and oxygen atoms in total. The summed E-state index contributed by atoms with van der Waals surface area (Å²) in [4.78, 5) is 29.4. The van der Waals surface area contributed by atoms with Crippen molar-refractivity contribution >= 4 is 22.6 Å². The lowest BCUT2D eigenvalue weighted by Gasteiger charge is -2.26. The van der Waals surface area contributed by atoms with Crippen molar-refractivity contribution in [3.63, 3.8) is 0 Å². The highest BCUT2D eigenvalue weighted by Crippen LogP contribution is 2.43. The summed E-state index contributed by atoms with van der Waals surface area (Å²) < 4.78 is 17.8. The molecule has 4 aromatic rings. The molecule has 1 aromatic heterocycles. The van der Waals surface area contributed by atoms with E-state index in [1.807, 2.05) is 61.5 Å². The van der Waals surface area contributed by atoms with E-state index >= 15 is 0 Å². The van der Waals surface area contributed by atoms with Crippen LogP contribution in [0, 0.1) is 12.8 Å². The van der Waals surface area contributed by atoms with Crippen LogP contribution in [0.3, 0.4) is 0 Å². The Kier molecular flexibility index (Phi) is 6.98. The number of carbonyl (C=O) groups is 1. The lowest BCUT2D eigenvalue weighted by molar-refractivity contribution is 0.0971. The van der Waals surface area contributed by atoms with E-state index in [-0.39, 0.29) is 17.1 Å². The molecule has 3 aromatic carbocycles. The van der Waals surface area contributed by atoms with Gasteiger partial charge in [-0.05, 0) is 73.2 Å². The zero-order valence-corrected chi connectivity index (χ0v) is 22.5. The van der Waals surface area contributed by atoms with Gasteiger partial charge in [0.2, 0.25) is 5.76 Å². The topological polar surface area (TPSA) is 69.0 Å². The number of nitrogens with zero attached hydrogens (tertiary/aromatic N) is 1. The second-order valence-corrected chi connectivity index (χ2v) is 10.2. The van der Waals surface area contributed by atoms with Crippen LogP contribution in [-0.4, -0.2) is 19.6 Å². The largest absolute Gasteiger partial charge is 0.493 e. The van der Waals surface area contributed by atoms with Crippen LogP contribution in [-0.2, 0) is 6.42 Å². The molecule has 0 saturated carbocycles. The Hall–Kier alpha value is -4.06. The number of amides is 1. The number of benzene rings is 3. The van der Waals surface area contributed by atoms with Gasteiger partial charge in [0.15, 0.2) is 16.9 Å². The van der Waals surface area contributed by atoms with Crippen molar-refractivity contribution in [3.05, 3.63) is 98.9 Å². The van der Waals surface area contributed by atoms with E-state index in [0.29, 0.717) is 46.2 Å². The Morgan fingerprint density at radius 1 is 0.974 bits per heavy atom. The normalized spacial score (nSPS) is 14.8. The summed E-state index contributed by atoms with van der Waals surface area (Å²) in [6.45, 7) is 8.89. The highest BCUT2D eigenvalue weighted by molar-refractivity contribution is 6.10. The van der Waals surface area contributed by atoms with Gasteiger partial charge >= 0.3 is 0 Å². The van der Waals surface area contributed by atoms with Crippen LogP contribution in [0.4, 0.5) is 5.69 Å². The lowest BCUT2D eigenvalue weighted by atomic mass is 9.97. The van der Waals surface area contributed by atoms with Crippen molar-refractivity contribution in [2.24, 2.45) is 5.92 Å². The van der Waals surface area contributed by atoms with Crippen LogP contribution in [0.15, 0.2) is 69.9 Å². The van der Waals surface area contributed by atoms with Crippen LogP contribution in [0.25, 0.3) is 11.0 Å². The predicted molar refractivity (Wildman–Crippen MR) is 150 cm³/mol. The number of fused-ring (bicyclic) bond motifs is 2. The van der Waals surface area contributed by atoms with E-state index in [1.54, 1.807) is 18.1 Å². The fraction of sp³-hybridized carbons (Fsp3) is 0.312. The van der Waals surface area contributed by atoms with Crippen LogP contribution in [0.1, 0.15) is 66.0 Å². The summed E-state index contributed by atoms with van der Waals surface area (Å²) in [6.07, 6.45) is 1.81. The first-order chi connectivity index (χ1) is 18.3. The molecule has 1 aliphatic rings. The molecule has 6 heteroatoms. The maximum Gasteiger partial charge on any atom is 0.295 e. The SMILES string of the molecule is CCc1ccc(N2C(=O)c3oc4ccc(C)cc4c(=O)c3C2c2ccc(OCCC(C)C)c(OC)c2)cc1. The molecule has 1 atom stereocenters. The zero-order valence-electron chi connectivity index (χ0n) is 22.5. The first-order valence-corrected chi connectivity index (χ1v) is 13.1. The molecule has 1 unspecified atom stereocenters. The fourth-order valence-corrected chi connectivity index (χ4v) is 4.94. The lowest BCUT2D eigenvalue weighted by Crippen LogP contribution is -2.29. The minimum atomic E-state index is -0.676. The van der Waals surface area contributed by atoms with Gasteiger partial charge in [-0.25, -0.2) is 0 Å². The van der Waals surface area contributed by atoms with E-state index in [9.17, 15) is 9.59 Å². The van der Waals surface area contributed by atoms with Crippen molar-refractivity contribution in [1.82, 2.24) is 0 Å². The standard InChI is InChI=1S/C32H33NO5/c1-6-21-8-11-23(12-9-21)33-29(22-10-14-26(27(18-22)36-5)37-16-15-19(2)3)28-30(34)24-17-20(4)7-13-25(24)38-31(28)32(33)35/h7-14,17-19,29H,6,15-16H2,1-5H3. The predicted octanol–water partition coefficient (Wildman–Crippen LogP) is 6.85. The number of carbonyl (C=O) groups excluding carboxylic acids is 1. The minimum absolute atomic E-state index is 0.0761. The summed E-state index contributed by atoms with van der Waals surface area (Å²) in [5, 5.41) is 0.463. The smallest absolute Gasteiger partial charge is 0.295 e. The Morgan fingerprint density at radius 2 is 1.74 bits per heavy atom. The molecule has 0 bridgehead atoms. The van der Waals surface area contributed by atoms with Gasteiger partial charge in [-0.1, -0.05) is 50.6 Å². The van der Waals surface area contributed by atoms with Gasteiger partial charge in [0.05, 0.1) is 30.7 Å². The van der Waals surface area contributed by atoms with E-state index in [4.69, 9.17) is 13.9 Å². The molecule has 0 spiro atoms. The second-order valence-electron chi connectivity index (χ2n) is 10.2. The monoisotopic (exact) mass is 511 g/mol. The van der Waals surface area contributed by atoms with Crippen molar-refractivity contribution in [1.29, 1.82) is 0 Å². The maximum absolute atomic E-state index is 13.9. The first-order valence-electron chi connectivity index (χ1n) is 13.1. The molecule has 1 aliphatic heterocycles. The molecule has 0 N–H and O–H groups in total. The van der Waals surface area contributed by atoms with Gasteiger partial charge in [0.1, 0.15) is 5.58 Å². The number of methoxy groups -OCH3 is 1. The second kappa shape index (κ2) is 10.4. The number of hydrogen-bond acceptors (Lipinski definition) is 5. The quantitative estimate of drug-likeness (QED) is 0.259. The van der Waals surface area contributed by atoms with E-state index in [0.717, 1.165) is 29.5 Å². The van der Waals surface area contributed by atoms with Gasteiger partial charge in [-0.15, -0.1) is 0 Å². The average Bonchev–Trinajstić information content (AvgIpc) is 3.21. The Balaban J connectivity index is 1.68. The summed E-state index contributed by atoms with van der Waals surface area (Å²) in [7, 11) is 1.59. The van der Waals surface area contributed by atoms with Gasteiger partial charge in [0.25, 0.3) is 5.91 Å². The number of ether oxygens (including phenoxy) is 2. The molecular weight excluding hydrogens is 478 g/mol. The molecular formula is C32H33NO5. The van der Waals surface area contributed by atoms with Gasteiger partial charge in [0, 0.05) is 5.69 Å². The van der Waals surface area contributed by atoms with E-state index < -0.39 is 6.04 Å². The Morgan fingerprint density at radius 3 is 2.42 bits per heavy atom. The fourth-order valence-electron chi connectivity index (χ4n) is 4.94. The van der Waals surface area contributed by atoms with Crippen LogP contribution < -0.4 is 19.8 Å². The van der Waals surface area contributed by atoms with Crippen molar-refractivity contribution in [3.8, 4) is 11.5 Å². The third kappa shape index (κ3) is 4.55. The number of rotatable bonds is 8. The van der Waals surface area contributed by atoms with Crippen LogP contribution in [0.2, 0.25) is 0 Å². The Bertz CT molecular complexity index is 1550. The molecule has 0 aliphatic carbocycles. The molecule has 2 heterocycles. The molecule has 1 amide bonds. The van der Waals surface area contributed by atoms with E-state index in [2.05, 4.69) is 20.8 Å². The van der Waals surface area contributed by atoms with Crippen molar-refractivity contribution in [2.75, 3.05) is 18.6 Å². The summed E-state index contributed by atoms with van der Waals surface area (Å²) >= 11 is 0. The van der Waals surface area contributed by atoms with Crippen molar-refractivity contribution < 1.29 is 18.7 Å². The third-order valence-corrected chi connectivity index (χ3v) is 7.10. The maximum atomic E-state index is 13.9. The molecule has 0 saturated heterocycles. The number of anilines is 1. The zero-order chi connectivity index (χ0) is 27.0. The number of aryl methyl sites for hydroxylation is 2. The molecule has 196 valence electrons. The number of hydrogen-bond donors (Lipinski definition) is 0. The third-order valence-electron chi connectivity index (χ3n) is 7.10. The summed E-state index contributed by atoms with van der Waals surface area (Å²) in [6, 6.07) is 18.2. The summed E-state index contributed by atoms with van der Waals surface area (Å²) in [5.74, 6) is 1.43. The molecule has 38 heavy (non-hydrogen) atoms. The molecule has 0 fully saturated rings. The van der Waals surface area contributed by atoms with Crippen LogP contribution in [0.5, 0.6) is 11.5 Å². The minimum Gasteiger partial charge on any atom is -0.493 e. The molecule has 0 radical (unpaired) electrons. The van der Waals surface area contributed by atoms with Crippen molar-refractivity contribution in [2.45, 2.75) is 46.6 Å². The van der Waals surface area contributed by atoms with Crippen LogP contribution >= 0.6 is 0 Å². The van der Waals surface area contributed by atoms with Gasteiger partial charge < -0.3 is 13.9 Å². The highest BCUT2D eigenvalue weighted by Gasteiger charge is 2.44. The Labute approximate surface area is 222 Å². The first kappa shape index (κ1) is 25.6. The van der Waals surface area contributed by atoms with Gasteiger partial charge in [-0.2, -0.15) is 0 Å². The van der Waals surface area contributed by atoms with E-state index in [1.165, 1.54) is 0 Å². The van der Waals surface area contributed by atoms with Gasteiger partial charge in [-0.3, -0.25) is 14.5 Å². The highest BCUT2D eigenvalue weighted by atomic mass is 16.5. The average molecular weight is 512 g/mol.